The van der Waals surface area contributed by atoms with Gasteiger partial charge in [-0.2, -0.15) is 0 Å². The smallest absolute Gasteiger partial charge is 0.251 e. The molecule has 1 amide bonds. The number of rotatable bonds is 4. The van der Waals surface area contributed by atoms with Gasteiger partial charge in [-0.25, -0.2) is 9.37 Å². The number of aromatic nitrogens is 2. The van der Waals surface area contributed by atoms with Crippen LogP contribution in [-0.4, -0.2) is 39.5 Å². The van der Waals surface area contributed by atoms with E-state index < -0.39 is 0 Å². The summed E-state index contributed by atoms with van der Waals surface area (Å²) in [6.07, 6.45) is 4.58. The molecule has 5 nitrogen and oxygen atoms in total. The normalized spacial score (nSPS) is 18.5. The summed E-state index contributed by atoms with van der Waals surface area (Å²) in [4.78, 5) is 18.5. The standard InChI is InChI=1S/C16H19FN4O/c1-20-11-18-8-15(20)10-21-7-6-14(9-21)19-16(22)12-2-4-13(17)5-3-12/h2-5,8,11,14H,6-7,9-10H2,1H3,(H,19,22). The molecule has 1 N–H and O–H groups in total. The topological polar surface area (TPSA) is 50.2 Å². The van der Waals surface area contributed by atoms with Gasteiger partial charge in [-0.3, -0.25) is 9.69 Å². The van der Waals surface area contributed by atoms with Crippen LogP contribution in [0.4, 0.5) is 4.39 Å². The Hall–Kier alpha value is -2.21. The average molecular weight is 302 g/mol. The van der Waals surface area contributed by atoms with Crippen molar-refractivity contribution < 1.29 is 9.18 Å². The SMILES string of the molecule is Cn1cncc1CN1CCC(NC(=O)c2ccc(F)cc2)C1. The van der Waals surface area contributed by atoms with Crippen molar-refractivity contribution in [1.29, 1.82) is 0 Å². The molecule has 2 heterocycles. The zero-order valence-electron chi connectivity index (χ0n) is 12.5. The van der Waals surface area contributed by atoms with Crippen molar-refractivity contribution in [3.05, 3.63) is 53.9 Å². The predicted octanol–water partition coefficient (Wildman–Crippen LogP) is 1.56. The molecule has 1 aromatic heterocycles. The van der Waals surface area contributed by atoms with Crippen LogP contribution in [0, 0.1) is 5.82 Å². The first kappa shape index (κ1) is 14.7. The molecule has 6 heteroatoms. The first-order valence-corrected chi connectivity index (χ1v) is 7.36. The Morgan fingerprint density at radius 3 is 2.86 bits per heavy atom. The summed E-state index contributed by atoms with van der Waals surface area (Å²) in [5.41, 5.74) is 1.65. The van der Waals surface area contributed by atoms with Gasteiger partial charge in [-0.05, 0) is 30.7 Å². The summed E-state index contributed by atoms with van der Waals surface area (Å²) >= 11 is 0. The second kappa shape index (κ2) is 6.27. The average Bonchev–Trinajstić information content (AvgIpc) is 3.10. The lowest BCUT2D eigenvalue weighted by Gasteiger charge is -2.16. The molecule has 1 atom stereocenters. The molecule has 2 aromatic rings. The van der Waals surface area contributed by atoms with E-state index in [-0.39, 0.29) is 17.8 Å². The number of imidazole rings is 1. The predicted molar refractivity (Wildman–Crippen MR) is 80.8 cm³/mol. The number of amides is 1. The highest BCUT2D eigenvalue weighted by Gasteiger charge is 2.24. The lowest BCUT2D eigenvalue weighted by atomic mass is 10.2. The molecule has 1 aliphatic heterocycles. The highest BCUT2D eigenvalue weighted by molar-refractivity contribution is 5.94. The van der Waals surface area contributed by atoms with Crippen LogP contribution >= 0.6 is 0 Å². The fourth-order valence-corrected chi connectivity index (χ4v) is 2.73. The van der Waals surface area contributed by atoms with Crippen LogP contribution in [0.15, 0.2) is 36.8 Å². The zero-order chi connectivity index (χ0) is 15.5. The zero-order valence-corrected chi connectivity index (χ0v) is 12.5. The second-order valence-electron chi connectivity index (χ2n) is 5.70. The van der Waals surface area contributed by atoms with Gasteiger partial charge in [0.25, 0.3) is 5.91 Å². The molecule has 0 aliphatic carbocycles. The molecule has 116 valence electrons. The molecule has 1 fully saturated rings. The Morgan fingerprint density at radius 1 is 1.41 bits per heavy atom. The number of halogens is 1. The van der Waals surface area contributed by atoms with Crippen molar-refractivity contribution in [2.45, 2.75) is 19.0 Å². The Bertz CT molecular complexity index is 652. The summed E-state index contributed by atoms with van der Waals surface area (Å²) in [5, 5.41) is 3.01. The van der Waals surface area contributed by atoms with Crippen molar-refractivity contribution in [2.75, 3.05) is 13.1 Å². The van der Waals surface area contributed by atoms with Gasteiger partial charge >= 0.3 is 0 Å². The van der Waals surface area contributed by atoms with Crippen molar-refractivity contribution in [3.63, 3.8) is 0 Å². The minimum Gasteiger partial charge on any atom is -0.348 e. The van der Waals surface area contributed by atoms with Gasteiger partial charge in [0.05, 0.1) is 12.0 Å². The molecular weight excluding hydrogens is 283 g/mol. The van der Waals surface area contributed by atoms with Gasteiger partial charge in [-0.15, -0.1) is 0 Å². The van der Waals surface area contributed by atoms with Crippen LogP contribution in [0.5, 0.6) is 0 Å². The number of nitrogens with one attached hydrogen (secondary N) is 1. The third kappa shape index (κ3) is 3.33. The van der Waals surface area contributed by atoms with Crippen molar-refractivity contribution in [3.8, 4) is 0 Å². The van der Waals surface area contributed by atoms with E-state index in [4.69, 9.17) is 0 Å². The molecule has 0 spiro atoms. The summed E-state index contributed by atoms with van der Waals surface area (Å²) < 4.78 is 14.9. The minimum absolute atomic E-state index is 0.130. The van der Waals surface area contributed by atoms with E-state index in [0.29, 0.717) is 5.56 Å². The largest absolute Gasteiger partial charge is 0.348 e. The van der Waals surface area contributed by atoms with E-state index >= 15 is 0 Å². The van der Waals surface area contributed by atoms with E-state index in [0.717, 1.165) is 31.7 Å². The molecule has 1 aromatic carbocycles. The van der Waals surface area contributed by atoms with E-state index in [2.05, 4.69) is 15.2 Å². The van der Waals surface area contributed by atoms with E-state index in [1.807, 2.05) is 17.8 Å². The maximum Gasteiger partial charge on any atom is 0.251 e. The maximum atomic E-state index is 12.9. The van der Waals surface area contributed by atoms with Gasteiger partial charge in [0.15, 0.2) is 0 Å². The summed E-state index contributed by atoms with van der Waals surface area (Å²) in [7, 11) is 1.98. The molecule has 0 bridgehead atoms. The highest BCUT2D eigenvalue weighted by Crippen LogP contribution is 2.14. The highest BCUT2D eigenvalue weighted by atomic mass is 19.1. The monoisotopic (exact) mass is 302 g/mol. The summed E-state index contributed by atoms with van der Waals surface area (Å²) in [6, 6.07) is 5.75. The Labute approximate surface area is 128 Å². The van der Waals surface area contributed by atoms with Crippen LogP contribution in [0.2, 0.25) is 0 Å². The van der Waals surface area contributed by atoms with Crippen molar-refractivity contribution in [2.24, 2.45) is 7.05 Å². The number of carbonyl (C=O) groups excluding carboxylic acids is 1. The molecule has 1 unspecified atom stereocenters. The number of aryl methyl sites for hydroxylation is 1. The van der Waals surface area contributed by atoms with Gasteiger partial charge < -0.3 is 9.88 Å². The first-order chi connectivity index (χ1) is 10.6. The maximum absolute atomic E-state index is 12.9. The van der Waals surface area contributed by atoms with Crippen molar-refractivity contribution in [1.82, 2.24) is 19.8 Å². The van der Waals surface area contributed by atoms with Crippen molar-refractivity contribution >= 4 is 5.91 Å². The molecule has 1 saturated heterocycles. The molecule has 3 rings (SSSR count). The van der Waals surface area contributed by atoms with Gasteiger partial charge in [-0.1, -0.05) is 0 Å². The minimum atomic E-state index is -0.334. The fourth-order valence-electron chi connectivity index (χ4n) is 2.73. The summed E-state index contributed by atoms with van der Waals surface area (Å²) in [6.45, 7) is 2.59. The third-order valence-corrected chi connectivity index (χ3v) is 4.02. The third-order valence-electron chi connectivity index (χ3n) is 4.02. The first-order valence-electron chi connectivity index (χ1n) is 7.36. The molecular formula is C16H19FN4O. The Morgan fingerprint density at radius 2 is 2.18 bits per heavy atom. The number of nitrogens with zero attached hydrogens (tertiary/aromatic N) is 3. The number of carbonyl (C=O) groups is 1. The number of hydrogen-bond donors (Lipinski definition) is 1. The quantitative estimate of drug-likeness (QED) is 0.932. The molecule has 22 heavy (non-hydrogen) atoms. The second-order valence-corrected chi connectivity index (χ2v) is 5.70. The number of likely N-dealkylation sites (tertiary alicyclic amines) is 1. The van der Waals surface area contributed by atoms with Gasteiger partial charge in [0.1, 0.15) is 5.82 Å². The fraction of sp³-hybridized carbons (Fsp3) is 0.375. The van der Waals surface area contributed by atoms with Gasteiger partial charge in [0, 0.05) is 44.5 Å². The summed E-state index contributed by atoms with van der Waals surface area (Å²) in [5.74, 6) is -0.479. The lowest BCUT2D eigenvalue weighted by molar-refractivity contribution is 0.0937. The van der Waals surface area contributed by atoms with Crippen LogP contribution in [0.3, 0.4) is 0 Å². The Balaban J connectivity index is 1.53. The molecule has 0 saturated carbocycles. The number of benzene rings is 1. The van der Waals surface area contributed by atoms with Crippen LogP contribution in [0.1, 0.15) is 22.5 Å². The molecule has 1 aliphatic rings. The van der Waals surface area contributed by atoms with Gasteiger partial charge in [0.2, 0.25) is 0 Å². The van der Waals surface area contributed by atoms with E-state index in [1.165, 1.54) is 24.3 Å². The van der Waals surface area contributed by atoms with E-state index in [1.54, 1.807) is 6.33 Å². The van der Waals surface area contributed by atoms with Crippen LogP contribution in [0.25, 0.3) is 0 Å². The number of hydrogen-bond acceptors (Lipinski definition) is 3. The lowest BCUT2D eigenvalue weighted by Crippen LogP contribution is -2.37. The molecule has 0 radical (unpaired) electrons. The van der Waals surface area contributed by atoms with E-state index in [9.17, 15) is 9.18 Å². The van der Waals surface area contributed by atoms with Crippen LogP contribution in [-0.2, 0) is 13.6 Å². The Kier molecular flexibility index (Phi) is 4.20. The van der Waals surface area contributed by atoms with Crippen LogP contribution < -0.4 is 5.32 Å².